The van der Waals surface area contributed by atoms with Crippen LogP contribution in [0.25, 0.3) is 10.9 Å². The van der Waals surface area contributed by atoms with Crippen molar-refractivity contribution in [1.29, 1.82) is 0 Å². The highest BCUT2D eigenvalue weighted by molar-refractivity contribution is 6.08. The molecule has 0 spiro atoms. The molecule has 4 nitrogen and oxygen atoms in total. The number of benzene rings is 2. The lowest BCUT2D eigenvalue weighted by Crippen LogP contribution is -2.33. The molecule has 4 rings (SSSR count). The quantitative estimate of drug-likeness (QED) is 0.578. The van der Waals surface area contributed by atoms with Crippen molar-refractivity contribution in [3.8, 4) is 0 Å². The van der Waals surface area contributed by atoms with E-state index in [4.69, 9.17) is 4.98 Å². The Kier molecular flexibility index (Phi) is 6.26. The maximum absolute atomic E-state index is 13.6. The Morgan fingerprint density at radius 3 is 2.57 bits per heavy atom. The Hall–Kier alpha value is -2.56. The Morgan fingerprint density at radius 1 is 1.13 bits per heavy atom. The number of aryl methyl sites for hydroxylation is 1. The highest BCUT2D eigenvalue weighted by Crippen LogP contribution is 2.28. The minimum atomic E-state index is 0.0826. The Labute approximate surface area is 180 Å². The van der Waals surface area contributed by atoms with Gasteiger partial charge in [0, 0.05) is 24.8 Å². The lowest BCUT2D eigenvalue weighted by atomic mass is 9.91. The lowest BCUT2D eigenvalue weighted by Gasteiger charge is -2.33. The molecule has 1 saturated carbocycles. The number of aromatic nitrogens is 2. The number of hydrogen-bond donors (Lipinski definition) is 0. The summed E-state index contributed by atoms with van der Waals surface area (Å²) in [6.45, 7) is 1.95. The third kappa shape index (κ3) is 4.16. The zero-order valence-electron chi connectivity index (χ0n) is 18.5. The third-order valence-corrected chi connectivity index (χ3v) is 6.74. The van der Waals surface area contributed by atoms with Crippen LogP contribution in [0.2, 0.25) is 6.32 Å². The molecule has 1 fully saturated rings. The van der Waals surface area contributed by atoms with Crippen molar-refractivity contribution in [3.63, 3.8) is 0 Å². The van der Waals surface area contributed by atoms with Crippen LogP contribution in [0.4, 0.5) is 5.69 Å². The average Bonchev–Trinajstić information content (AvgIpc) is 2.79. The summed E-state index contributed by atoms with van der Waals surface area (Å²) in [5.74, 6) is 0.795. The van der Waals surface area contributed by atoms with E-state index in [1.165, 1.54) is 37.7 Å². The molecule has 30 heavy (non-hydrogen) atoms. The van der Waals surface area contributed by atoms with Gasteiger partial charge in [0.05, 0.1) is 10.9 Å². The second kappa shape index (κ2) is 9.07. The van der Waals surface area contributed by atoms with Crippen LogP contribution in [0.5, 0.6) is 0 Å². The van der Waals surface area contributed by atoms with E-state index in [0.29, 0.717) is 6.04 Å². The van der Waals surface area contributed by atoms with Gasteiger partial charge in [-0.15, -0.1) is 0 Å². The molecule has 1 aliphatic carbocycles. The van der Waals surface area contributed by atoms with Gasteiger partial charge in [0.1, 0.15) is 13.7 Å². The fraction of sp³-hybridized carbons (Fsp3) is 0.440. The standard InChI is InChI=1S/C25H32BN3O/c1-18-27-24-14-13-21(28(2)20-11-7-4-8-12-20)16-23(24)25(30)29(18)22(17-26)15-19-9-5-3-6-10-19/h3,5-6,9-10,13-14,16,20,22H,4,7-8,11-12,15,17,26H2,1-2H3/t22-/m0/s1. The van der Waals surface area contributed by atoms with E-state index >= 15 is 0 Å². The van der Waals surface area contributed by atoms with Gasteiger partial charge < -0.3 is 4.90 Å². The lowest BCUT2D eigenvalue weighted by molar-refractivity contribution is 0.427. The van der Waals surface area contributed by atoms with Crippen LogP contribution < -0.4 is 10.5 Å². The van der Waals surface area contributed by atoms with Gasteiger partial charge in [-0.1, -0.05) is 55.9 Å². The number of fused-ring (bicyclic) bond motifs is 1. The van der Waals surface area contributed by atoms with E-state index in [9.17, 15) is 4.79 Å². The predicted octanol–water partition coefficient (Wildman–Crippen LogP) is 4.31. The minimum Gasteiger partial charge on any atom is -0.372 e. The highest BCUT2D eigenvalue weighted by Gasteiger charge is 2.20. The first kappa shape index (κ1) is 20.7. The molecule has 2 aromatic carbocycles. The minimum absolute atomic E-state index is 0.0826. The van der Waals surface area contributed by atoms with Crippen LogP contribution in [0, 0.1) is 6.92 Å². The molecule has 0 bridgehead atoms. The number of nitrogens with zero attached hydrogens (tertiary/aromatic N) is 3. The van der Waals surface area contributed by atoms with Crippen molar-refractivity contribution < 1.29 is 0 Å². The van der Waals surface area contributed by atoms with Gasteiger partial charge in [0.2, 0.25) is 0 Å². The van der Waals surface area contributed by atoms with Crippen molar-refractivity contribution in [2.45, 2.75) is 63.9 Å². The van der Waals surface area contributed by atoms with E-state index in [1.807, 2.05) is 23.6 Å². The summed E-state index contributed by atoms with van der Waals surface area (Å²) in [6, 6.07) is 17.3. The van der Waals surface area contributed by atoms with Crippen LogP contribution in [0.1, 0.15) is 49.5 Å². The molecule has 0 radical (unpaired) electrons. The van der Waals surface area contributed by atoms with Crippen molar-refractivity contribution in [2.75, 3.05) is 11.9 Å². The first-order valence-electron chi connectivity index (χ1n) is 11.4. The monoisotopic (exact) mass is 401 g/mol. The van der Waals surface area contributed by atoms with E-state index < -0.39 is 0 Å². The van der Waals surface area contributed by atoms with E-state index in [2.05, 4.69) is 56.2 Å². The summed E-state index contributed by atoms with van der Waals surface area (Å²) >= 11 is 0. The molecule has 0 aliphatic heterocycles. The molecule has 1 aliphatic rings. The molecule has 1 aromatic heterocycles. The van der Waals surface area contributed by atoms with Gasteiger partial charge in [-0.2, -0.15) is 0 Å². The Morgan fingerprint density at radius 2 is 1.87 bits per heavy atom. The summed E-state index contributed by atoms with van der Waals surface area (Å²) in [7, 11) is 4.32. The molecule has 3 aromatic rings. The van der Waals surface area contributed by atoms with Crippen LogP contribution in [-0.4, -0.2) is 30.5 Å². The first-order chi connectivity index (χ1) is 14.6. The maximum atomic E-state index is 13.6. The molecule has 0 unspecified atom stereocenters. The molecule has 0 N–H and O–H groups in total. The molecule has 5 heteroatoms. The van der Waals surface area contributed by atoms with E-state index in [0.717, 1.165) is 35.2 Å². The summed E-state index contributed by atoms with van der Waals surface area (Å²) < 4.78 is 1.92. The van der Waals surface area contributed by atoms with Crippen molar-refractivity contribution >= 4 is 24.4 Å². The molecule has 0 amide bonds. The van der Waals surface area contributed by atoms with Gasteiger partial charge in [0.25, 0.3) is 5.56 Å². The largest absolute Gasteiger partial charge is 0.372 e. The zero-order chi connectivity index (χ0) is 21.1. The summed E-state index contributed by atoms with van der Waals surface area (Å²) in [4.78, 5) is 20.8. The molecule has 1 heterocycles. The highest BCUT2D eigenvalue weighted by atomic mass is 16.1. The normalized spacial score (nSPS) is 15.9. The number of rotatable bonds is 6. The Bertz CT molecular complexity index is 1060. The summed E-state index contributed by atoms with van der Waals surface area (Å²) in [5.41, 5.74) is 3.25. The molecule has 0 saturated heterocycles. The van der Waals surface area contributed by atoms with Gasteiger partial charge >= 0.3 is 0 Å². The van der Waals surface area contributed by atoms with Crippen molar-refractivity contribution in [2.24, 2.45) is 0 Å². The van der Waals surface area contributed by atoms with Crippen LogP contribution >= 0.6 is 0 Å². The first-order valence-corrected chi connectivity index (χ1v) is 11.4. The fourth-order valence-corrected chi connectivity index (χ4v) is 4.93. The zero-order valence-corrected chi connectivity index (χ0v) is 18.5. The van der Waals surface area contributed by atoms with Crippen molar-refractivity contribution in [3.05, 3.63) is 70.3 Å². The molecular formula is C25H32BN3O. The van der Waals surface area contributed by atoms with Gasteiger partial charge in [-0.3, -0.25) is 9.36 Å². The van der Waals surface area contributed by atoms with Crippen LogP contribution in [0.3, 0.4) is 0 Å². The van der Waals surface area contributed by atoms with Gasteiger partial charge in [-0.05, 0) is 49.9 Å². The van der Waals surface area contributed by atoms with Gasteiger partial charge in [-0.25, -0.2) is 4.98 Å². The predicted molar refractivity (Wildman–Crippen MR) is 129 cm³/mol. The Balaban J connectivity index is 1.72. The third-order valence-electron chi connectivity index (χ3n) is 6.74. The van der Waals surface area contributed by atoms with E-state index in [-0.39, 0.29) is 11.6 Å². The van der Waals surface area contributed by atoms with Gasteiger partial charge in [0.15, 0.2) is 0 Å². The second-order valence-corrected chi connectivity index (χ2v) is 8.69. The van der Waals surface area contributed by atoms with Crippen molar-refractivity contribution in [1.82, 2.24) is 9.55 Å². The molecule has 156 valence electrons. The van der Waals surface area contributed by atoms with E-state index in [1.54, 1.807) is 0 Å². The fourth-order valence-electron chi connectivity index (χ4n) is 4.93. The second-order valence-electron chi connectivity index (χ2n) is 8.69. The molecule has 1 atom stereocenters. The average molecular weight is 401 g/mol. The number of anilines is 1. The summed E-state index contributed by atoms with van der Waals surface area (Å²) in [5, 5.41) is 0.729. The molecular weight excluding hydrogens is 369 g/mol. The topological polar surface area (TPSA) is 38.1 Å². The summed E-state index contributed by atoms with van der Waals surface area (Å²) in [6.07, 6.45) is 8.15. The van der Waals surface area contributed by atoms with Crippen LogP contribution in [0.15, 0.2) is 53.3 Å². The SMILES string of the molecule is BC[C@H](Cc1ccccc1)n1c(C)nc2ccc(N(C)C3CCCCC3)cc2c1=O. The smallest absolute Gasteiger partial charge is 0.261 e. The van der Waals surface area contributed by atoms with Crippen LogP contribution in [-0.2, 0) is 6.42 Å². The maximum Gasteiger partial charge on any atom is 0.261 e. The number of hydrogen-bond acceptors (Lipinski definition) is 3.